The van der Waals surface area contributed by atoms with Gasteiger partial charge < -0.3 is 14.6 Å². The Kier molecular flexibility index (Phi) is 3.58. The summed E-state index contributed by atoms with van der Waals surface area (Å²) in [4.78, 5) is 38.0. The summed E-state index contributed by atoms with van der Waals surface area (Å²) in [7, 11) is 1.45. The molecule has 2 atom stereocenters. The van der Waals surface area contributed by atoms with Gasteiger partial charge >= 0.3 is 0 Å². The molecule has 2 heterocycles. The number of ketones is 1. The molecule has 2 unspecified atom stereocenters. The molecule has 1 aromatic carbocycles. The predicted molar refractivity (Wildman–Crippen MR) is 111 cm³/mol. The molecule has 4 aliphatic rings. The van der Waals surface area contributed by atoms with E-state index in [0.717, 1.165) is 11.1 Å². The molecule has 0 saturated heterocycles. The summed E-state index contributed by atoms with van der Waals surface area (Å²) in [5.74, 6) is -1.21. The first kappa shape index (κ1) is 19.6. The molecule has 0 saturated carbocycles. The third-order valence-corrected chi connectivity index (χ3v) is 7.43. The minimum atomic E-state index is -1.10. The van der Waals surface area contributed by atoms with Crippen LogP contribution in [-0.2, 0) is 16.0 Å². The van der Waals surface area contributed by atoms with Crippen LogP contribution in [0.15, 0.2) is 41.2 Å². The molecule has 160 valence electrons. The van der Waals surface area contributed by atoms with Crippen molar-refractivity contribution >= 4 is 17.6 Å². The fraction of sp³-hybridized carbons (Fsp3) is 0.375. The number of allylic oxidation sites excluding steroid dienone is 3. The zero-order chi connectivity index (χ0) is 22.5. The van der Waals surface area contributed by atoms with Gasteiger partial charge in [-0.05, 0) is 44.4 Å². The molecule has 1 aromatic rings. The lowest BCUT2D eigenvalue weighted by Gasteiger charge is -2.58. The van der Waals surface area contributed by atoms with Gasteiger partial charge in [0, 0.05) is 11.5 Å². The van der Waals surface area contributed by atoms with Crippen molar-refractivity contribution in [3.63, 3.8) is 0 Å². The predicted octanol–water partition coefficient (Wildman–Crippen LogP) is 2.98. The number of ether oxygens (including phenoxy) is 2. The molecular formula is C24H23NO6. The summed E-state index contributed by atoms with van der Waals surface area (Å²) in [6.07, 6.45) is 6.04. The Bertz CT molecular complexity index is 1220. The second-order valence-electron chi connectivity index (χ2n) is 9.36. The van der Waals surface area contributed by atoms with E-state index in [0.29, 0.717) is 12.0 Å². The average molecular weight is 421 g/mol. The number of carbonyl (C=O) groups is 3. The number of fused-ring (bicyclic) bond motifs is 3. The van der Waals surface area contributed by atoms with Crippen molar-refractivity contribution in [1.29, 1.82) is 0 Å². The van der Waals surface area contributed by atoms with E-state index in [1.165, 1.54) is 13.2 Å². The van der Waals surface area contributed by atoms with Crippen molar-refractivity contribution in [1.82, 2.24) is 5.32 Å². The van der Waals surface area contributed by atoms with Crippen LogP contribution in [0.25, 0.3) is 0 Å². The van der Waals surface area contributed by atoms with Crippen LogP contribution < -0.4 is 10.1 Å². The molecule has 0 radical (unpaired) electrons. The summed E-state index contributed by atoms with van der Waals surface area (Å²) < 4.78 is 12.2. The molecule has 0 fully saturated rings. The van der Waals surface area contributed by atoms with Crippen molar-refractivity contribution in [2.24, 2.45) is 10.8 Å². The van der Waals surface area contributed by atoms with Crippen molar-refractivity contribution < 1.29 is 29.0 Å². The number of aromatic hydroxyl groups is 1. The first-order chi connectivity index (χ1) is 14.5. The van der Waals surface area contributed by atoms with E-state index in [4.69, 9.17) is 9.47 Å². The van der Waals surface area contributed by atoms with Crippen LogP contribution in [-0.4, -0.2) is 35.4 Å². The Morgan fingerprint density at radius 3 is 2.45 bits per heavy atom. The Labute approximate surface area is 179 Å². The highest BCUT2D eigenvalue weighted by Gasteiger charge is 2.64. The van der Waals surface area contributed by atoms with Crippen LogP contribution in [0.3, 0.4) is 0 Å². The third kappa shape index (κ3) is 2.11. The molecule has 1 spiro atoms. The summed E-state index contributed by atoms with van der Waals surface area (Å²) >= 11 is 0. The zero-order valence-corrected chi connectivity index (χ0v) is 18.0. The molecule has 0 bridgehead atoms. The van der Waals surface area contributed by atoms with Crippen LogP contribution in [0, 0.1) is 10.8 Å². The van der Waals surface area contributed by atoms with Gasteiger partial charge in [-0.3, -0.25) is 19.7 Å². The number of nitrogens with one attached hydrogen (secondary N) is 1. The van der Waals surface area contributed by atoms with Gasteiger partial charge in [-0.2, -0.15) is 0 Å². The van der Waals surface area contributed by atoms with E-state index in [9.17, 15) is 19.5 Å². The van der Waals surface area contributed by atoms with Crippen LogP contribution in [0.4, 0.5) is 0 Å². The Morgan fingerprint density at radius 2 is 1.77 bits per heavy atom. The minimum absolute atomic E-state index is 0.0325. The number of hydrogen-bond acceptors (Lipinski definition) is 6. The third-order valence-electron chi connectivity index (χ3n) is 7.43. The second kappa shape index (κ2) is 5.66. The van der Waals surface area contributed by atoms with Crippen molar-refractivity contribution in [2.75, 3.05) is 7.11 Å². The molecule has 5 rings (SSSR count). The van der Waals surface area contributed by atoms with Crippen LogP contribution in [0.2, 0.25) is 0 Å². The number of phenols is 1. The first-order valence-electron chi connectivity index (χ1n) is 10.1. The number of phenolic OH excluding ortho intramolecular Hbond substituents is 1. The molecule has 7 heteroatoms. The van der Waals surface area contributed by atoms with Gasteiger partial charge in [-0.25, -0.2) is 0 Å². The lowest BCUT2D eigenvalue weighted by atomic mass is 9.52. The van der Waals surface area contributed by atoms with Crippen molar-refractivity contribution in [2.45, 2.75) is 39.7 Å². The molecule has 2 N–H and O–H groups in total. The molecule has 7 nitrogen and oxygen atoms in total. The maximum absolute atomic E-state index is 13.1. The van der Waals surface area contributed by atoms with E-state index >= 15 is 0 Å². The number of carbonyl (C=O) groups excluding carboxylic acids is 3. The first-order valence-corrected chi connectivity index (χ1v) is 10.1. The summed E-state index contributed by atoms with van der Waals surface area (Å²) in [6, 6.07) is 1.50. The molecule has 2 amide bonds. The van der Waals surface area contributed by atoms with Crippen molar-refractivity contribution in [3.8, 4) is 11.5 Å². The normalized spacial score (nSPS) is 30.0. The van der Waals surface area contributed by atoms with Crippen LogP contribution in [0.1, 0.15) is 54.0 Å². The zero-order valence-electron chi connectivity index (χ0n) is 18.0. The van der Waals surface area contributed by atoms with E-state index < -0.39 is 28.2 Å². The molecule has 31 heavy (non-hydrogen) atoms. The van der Waals surface area contributed by atoms with Crippen molar-refractivity contribution in [3.05, 3.63) is 57.9 Å². The Hall–Kier alpha value is -3.35. The lowest BCUT2D eigenvalue weighted by Crippen LogP contribution is -2.62. The largest absolute Gasteiger partial charge is 0.507 e. The SMILES string of the molecule is COC1=CC23Oc4c(cc(O)c5c4C(=O)NC5=O)CC2(C)C(C)=CC=C3C(C)(C)C1=O. The summed E-state index contributed by atoms with van der Waals surface area (Å²) in [6.45, 7) is 7.71. The van der Waals surface area contributed by atoms with E-state index in [2.05, 4.69) is 5.32 Å². The molecule has 0 aromatic heterocycles. The number of methoxy groups -OCH3 is 1. The highest BCUT2D eigenvalue weighted by Crippen LogP contribution is 2.62. The quantitative estimate of drug-likeness (QED) is 0.676. The van der Waals surface area contributed by atoms with E-state index in [1.54, 1.807) is 6.08 Å². The van der Waals surface area contributed by atoms with Gasteiger partial charge in [0.05, 0.1) is 23.7 Å². The van der Waals surface area contributed by atoms with E-state index in [1.807, 2.05) is 39.8 Å². The van der Waals surface area contributed by atoms with Gasteiger partial charge in [-0.1, -0.05) is 24.6 Å². The monoisotopic (exact) mass is 421 g/mol. The van der Waals surface area contributed by atoms with Gasteiger partial charge in [0.25, 0.3) is 11.8 Å². The highest BCUT2D eigenvalue weighted by molar-refractivity contribution is 6.24. The summed E-state index contributed by atoms with van der Waals surface area (Å²) in [5.41, 5.74) is -0.261. The minimum Gasteiger partial charge on any atom is -0.507 e. The number of Topliss-reactive ketones (excluding diaryl/α,β-unsaturated/α-hetero) is 1. The topological polar surface area (TPSA) is 102 Å². The van der Waals surface area contributed by atoms with Gasteiger partial charge in [-0.15, -0.1) is 0 Å². The second-order valence-corrected chi connectivity index (χ2v) is 9.36. The van der Waals surface area contributed by atoms with Gasteiger partial charge in [0.1, 0.15) is 11.5 Å². The molecule has 2 aliphatic heterocycles. The standard InChI is InChI=1S/C24H23NO6/c1-11-6-7-15-22(2,3)19(27)14(30-5)10-24(15)23(11,4)9-12-8-13(26)16-17(18(12)31-24)21(29)25-20(16)28/h6-8,10,26H,9H2,1-5H3,(H,25,28,29). The lowest BCUT2D eigenvalue weighted by molar-refractivity contribution is -0.128. The number of amides is 2. The molecule has 2 aliphatic carbocycles. The van der Waals surface area contributed by atoms with Gasteiger partial charge in [0.15, 0.2) is 11.4 Å². The molecular weight excluding hydrogens is 398 g/mol. The fourth-order valence-electron chi connectivity index (χ4n) is 5.49. The smallest absolute Gasteiger partial charge is 0.262 e. The Balaban J connectivity index is 1.86. The van der Waals surface area contributed by atoms with Crippen LogP contribution in [0.5, 0.6) is 11.5 Å². The van der Waals surface area contributed by atoms with Crippen LogP contribution >= 0.6 is 0 Å². The number of benzene rings is 1. The Morgan fingerprint density at radius 1 is 1.10 bits per heavy atom. The highest BCUT2D eigenvalue weighted by atomic mass is 16.5. The number of imide groups is 1. The number of hydrogen-bond donors (Lipinski definition) is 2. The van der Waals surface area contributed by atoms with Gasteiger partial charge in [0.2, 0.25) is 5.78 Å². The maximum Gasteiger partial charge on any atom is 0.262 e. The average Bonchev–Trinajstić information content (AvgIpc) is 3.00. The summed E-state index contributed by atoms with van der Waals surface area (Å²) in [5, 5.41) is 12.7. The fourth-order valence-corrected chi connectivity index (χ4v) is 5.49. The number of rotatable bonds is 1. The maximum atomic E-state index is 13.1. The van der Waals surface area contributed by atoms with E-state index in [-0.39, 0.29) is 34.2 Å².